The van der Waals surface area contributed by atoms with Gasteiger partial charge in [0.15, 0.2) is 9.84 Å². The van der Waals surface area contributed by atoms with Gasteiger partial charge in [0.1, 0.15) is 0 Å². The van der Waals surface area contributed by atoms with Crippen LogP contribution in [0.1, 0.15) is 17.2 Å². The SMILES string of the molecule is CS(=O)(=O)c1ccc(CC(N)c2ccccc2)cc1. The van der Waals surface area contributed by atoms with Gasteiger partial charge in [0, 0.05) is 12.3 Å². The average molecular weight is 275 g/mol. The Bertz CT molecular complexity index is 634. The van der Waals surface area contributed by atoms with Crippen LogP contribution in [0.2, 0.25) is 0 Å². The number of hydrogen-bond donors (Lipinski definition) is 1. The Morgan fingerprint density at radius 1 is 1.00 bits per heavy atom. The lowest BCUT2D eigenvalue weighted by molar-refractivity contribution is 0.602. The molecule has 0 saturated heterocycles. The maximum Gasteiger partial charge on any atom is 0.175 e. The Hall–Kier alpha value is -1.65. The fourth-order valence-corrected chi connectivity index (χ4v) is 2.58. The van der Waals surface area contributed by atoms with Gasteiger partial charge in [0.25, 0.3) is 0 Å². The van der Waals surface area contributed by atoms with E-state index in [2.05, 4.69) is 0 Å². The summed E-state index contributed by atoms with van der Waals surface area (Å²) >= 11 is 0. The highest BCUT2D eigenvalue weighted by Gasteiger charge is 2.09. The highest BCUT2D eigenvalue weighted by atomic mass is 32.2. The van der Waals surface area contributed by atoms with Crippen molar-refractivity contribution in [1.82, 2.24) is 0 Å². The fraction of sp³-hybridized carbons (Fsp3) is 0.200. The minimum Gasteiger partial charge on any atom is -0.324 e. The third-order valence-electron chi connectivity index (χ3n) is 3.03. The van der Waals surface area contributed by atoms with E-state index in [1.807, 2.05) is 42.5 Å². The molecule has 0 aliphatic heterocycles. The Morgan fingerprint density at radius 2 is 1.58 bits per heavy atom. The van der Waals surface area contributed by atoms with Gasteiger partial charge in [-0.3, -0.25) is 0 Å². The van der Waals surface area contributed by atoms with Crippen molar-refractivity contribution < 1.29 is 8.42 Å². The summed E-state index contributed by atoms with van der Waals surface area (Å²) in [7, 11) is -3.13. The van der Waals surface area contributed by atoms with E-state index in [9.17, 15) is 8.42 Å². The van der Waals surface area contributed by atoms with E-state index < -0.39 is 9.84 Å². The first-order valence-corrected chi connectivity index (χ1v) is 7.95. The third-order valence-corrected chi connectivity index (χ3v) is 4.16. The van der Waals surface area contributed by atoms with Crippen molar-refractivity contribution in [1.29, 1.82) is 0 Å². The second kappa shape index (κ2) is 5.55. The van der Waals surface area contributed by atoms with Crippen LogP contribution in [-0.2, 0) is 16.3 Å². The highest BCUT2D eigenvalue weighted by molar-refractivity contribution is 7.90. The summed E-state index contributed by atoms with van der Waals surface area (Å²) in [6.07, 6.45) is 1.89. The van der Waals surface area contributed by atoms with E-state index in [1.165, 1.54) is 6.26 Å². The van der Waals surface area contributed by atoms with Gasteiger partial charge in [-0.05, 0) is 29.7 Å². The first kappa shape index (κ1) is 13.8. The predicted molar refractivity (Wildman–Crippen MR) is 76.6 cm³/mol. The van der Waals surface area contributed by atoms with E-state index in [-0.39, 0.29) is 6.04 Å². The maximum atomic E-state index is 11.4. The Labute approximate surface area is 114 Å². The zero-order chi connectivity index (χ0) is 13.9. The van der Waals surface area contributed by atoms with Crippen LogP contribution in [-0.4, -0.2) is 14.7 Å². The summed E-state index contributed by atoms with van der Waals surface area (Å²) in [4.78, 5) is 0.338. The molecule has 0 amide bonds. The van der Waals surface area contributed by atoms with E-state index in [0.29, 0.717) is 11.3 Å². The second-order valence-electron chi connectivity index (χ2n) is 4.64. The minimum atomic E-state index is -3.13. The van der Waals surface area contributed by atoms with Gasteiger partial charge < -0.3 is 5.73 Å². The summed E-state index contributed by atoms with van der Waals surface area (Å²) in [6.45, 7) is 0. The molecule has 0 aliphatic rings. The molecule has 0 saturated carbocycles. The molecule has 0 heterocycles. The second-order valence-corrected chi connectivity index (χ2v) is 6.65. The van der Waals surface area contributed by atoms with Gasteiger partial charge in [-0.15, -0.1) is 0 Å². The first-order valence-electron chi connectivity index (χ1n) is 6.06. The molecular weight excluding hydrogens is 258 g/mol. The van der Waals surface area contributed by atoms with Crippen molar-refractivity contribution in [3.63, 3.8) is 0 Å². The summed E-state index contributed by atoms with van der Waals surface area (Å²) in [6, 6.07) is 16.7. The molecular formula is C15H17NO2S. The van der Waals surface area contributed by atoms with Crippen LogP contribution in [0.4, 0.5) is 0 Å². The van der Waals surface area contributed by atoms with Crippen molar-refractivity contribution in [3.8, 4) is 0 Å². The van der Waals surface area contributed by atoms with Gasteiger partial charge in [-0.1, -0.05) is 42.5 Å². The number of benzene rings is 2. The zero-order valence-electron chi connectivity index (χ0n) is 10.8. The zero-order valence-corrected chi connectivity index (χ0v) is 11.6. The summed E-state index contributed by atoms with van der Waals surface area (Å²) in [5.41, 5.74) is 8.24. The van der Waals surface area contributed by atoms with E-state index in [0.717, 1.165) is 11.1 Å². The van der Waals surface area contributed by atoms with Crippen LogP contribution >= 0.6 is 0 Å². The molecule has 19 heavy (non-hydrogen) atoms. The Morgan fingerprint density at radius 3 is 2.11 bits per heavy atom. The van der Waals surface area contributed by atoms with Crippen molar-refractivity contribution >= 4 is 9.84 Å². The van der Waals surface area contributed by atoms with E-state index in [1.54, 1.807) is 12.1 Å². The van der Waals surface area contributed by atoms with Crippen LogP contribution in [0.25, 0.3) is 0 Å². The van der Waals surface area contributed by atoms with Gasteiger partial charge in [0.2, 0.25) is 0 Å². The Kier molecular flexibility index (Phi) is 4.02. The molecule has 2 aromatic rings. The topological polar surface area (TPSA) is 60.2 Å². The van der Waals surface area contributed by atoms with Gasteiger partial charge >= 0.3 is 0 Å². The van der Waals surface area contributed by atoms with Gasteiger partial charge in [0.05, 0.1) is 4.90 Å². The first-order chi connectivity index (χ1) is 8.97. The quantitative estimate of drug-likeness (QED) is 0.931. The van der Waals surface area contributed by atoms with E-state index in [4.69, 9.17) is 5.73 Å². The van der Waals surface area contributed by atoms with Crippen LogP contribution < -0.4 is 5.73 Å². The largest absolute Gasteiger partial charge is 0.324 e. The van der Waals surface area contributed by atoms with Crippen LogP contribution in [0.15, 0.2) is 59.5 Å². The molecule has 0 bridgehead atoms. The predicted octanol–water partition coefficient (Wildman–Crippen LogP) is 2.33. The summed E-state index contributed by atoms with van der Waals surface area (Å²) in [5.74, 6) is 0. The molecule has 1 atom stereocenters. The standard InChI is InChI=1S/C15H17NO2S/c1-19(17,18)14-9-7-12(8-10-14)11-15(16)13-5-3-2-4-6-13/h2-10,15H,11,16H2,1H3. The van der Waals surface area contributed by atoms with Gasteiger partial charge in [-0.2, -0.15) is 0 Å². The van der Waals surface area contributed by atoms with Crippen molar-refractivity contribution in [2.45, 2.75) is 17.4 Å². The molecule has 1 unspecified atom stereocenters. The fourth-order valence-electron chi connectivity index (χ4n) is 1.94. The van der Waals surface area contributed by atoms with Crippen molar-refractivity contribution in [2.75, 3.05) is 6.26 Å². The minimum absolute atomic E-state index is 0.0784. The molecule has 3 nitrogen and oxygen atoms in total. The third kappa shape index (κ3) is 3.66. The van der Waals surface area contributed by atoms with Gasteiger partial charge in [-0.25, -0.2) is 8.42 Å². The van der Waals surface area contributed by atoms with Crippen LogP contribution in [0.5, 0.6) is 0 Å². The molecule has 100 valence electrons. The van der Waals surface area contributed by atoms with Crippen molar-refractivity contribution in [2.24, 2.45) is 5.73 Å². The Balaban J connectivity index is 2.12. The highest BCUT2D eigenvalue weighted by Crippen LogP contribution is 2.17. The smallest absolute Gasteiger partial charge is 0.175 e. The van der Waals surface area contributed by atoms with Crippen LogP contribution in [0.3, 0.4) is 0 Å². The molecule has 0 aromatic heterocycles. The molecule has 0 aliphatic carbocycles. The molecule has 2 rings (SSSR count). The molecule has 0 fully saturated rings. The lowest BCUT2D eigenvalue weighted by Crippen LogP contribution is -2.13. The summed E-state index contributed by atoms with van der Waals surface area (Å²) < 4.78 is 22.7. The lowest BCUT2D eigenvalue weighted by Gasteiger charge is -2.12. The molecule has 2 aromatic carbocycles. The van der Waals surface area contributed by atoms with Crippen molar-refractivity contribution in [3.05, 3.63) is 65.7 Å². The maximum absolute atomic E-state index is 11.4. The number of hydrogen-bond acceptors (Lipinski definition) is 3. The molecule has 0 spiro atoms. The van der Waals surface area contributed by atoms with E-state index >= 15 is 0 Å². The molecule has 2 N–H and O–H groups in total. The average Bonchev–Trinajstić information content (AvgIpc) is 2.39. The number of rotatable bonds is 4. The monoisotopic (exact) mass is 275 g/mol. The molecule has 0 radical (unpaired) electrons. The molecule has 4 heteroatoms. The van der Waals surface area contributed by atoms with Crippen LogP contribution in [0, 0.1) is 0 Å². The normalized spacial score (nSPS) is 13.2. The number of nitrogens with two attached hydrogens (primary N) is 1. The number of sulfone groups is 1. The lowest BCUT2D eigenvalue weighted by atomic mass is 10.00. The summed E-state index contributed by atoms with van der Waals surface area (Å²) in [5, 5.41) is 0.